The van der Waals surface area contributed by atoms with Gasteiger partial charge in [-0.25, -0.2) is 4.39 Å². The summed E-state index contributed by atoms with van der Waals surface area (Å²) in [5, 5.41) is 3.74. The van der Waals surface area contributed by atoms with E-state index in [1.165, 1.54) is 34.5 Å². The number of hydrogen-bond donors (Lipinski definition) is 1. The SMILES string of the molecule is COc1cc(F)ccc1-c1ccc2c(c1CSCCc1ccccc1)C(C)CC(C)(C)N2. The number of halogens is 1. The molecule has 0 aromatic heterocycles. The van der Waals surface area contributed by atoms with Gasteiger partial charge in [-0.15, -0.1) is 0 Å². The molecule has 3 aromatic rings. The standard InChI is InChI=1S/C28H32FNOS/c1-19-17-28(2,3)30-25-13-12-22(23-11-10-21(29)16-26(23)31-4)24(27(19)25)18-32-15-14-20-8-6-5-7-9-20/h5-13,16,19,30H,14-15,17-18H2,1-4H3. The summed E-state index contributed by atoms with van der Waals surface area (Å²) < 4.78 is 19.4. The van der Waals surface area contributed by atoms with Gasteiger partial charge in [0.25, 0.3) is 0 Å². The van der Waals surface area contributed by atoms with Gasteiger partial charge in [0.2, 0.25) is 0 Å². The largest absolute Gasteiger partial charge is 0.496 e. The van der Waals surface area contributed by atoms with E-state index in [2.05, 4.69) is 68.6 Å². The Morgan fingerprint density at radius 2 is 1.81 bits per heavy atom. The highest BCUT2D eigenvalue weighted by Crippen LogP contribution is 2.46. The van der Waals surface area contributed by atoms with Crippen LogP contribution in [0.4, 0.5) is 10.1 Å². The Balaban J connectivity index is 1.69. The van der Waals surface area contributed by atoms with Gasteiger partial charge in [0.15, 0.2) is 0 Å². The molecule has 0 saturated carbocycles. The predicted octanol–water partition coefficient (Wildman–Crippen LogP) is 7.67. The van der Waals surface area contributed by atoms with E-state index in [4.69, 9.17) is 4.74 Å². The van der Waals surface area contributed by atoms with E-state index in [-0.39, 0.29) is 11.4 Å². The maximum atomic E-state index is 13.9. The summed E-state index contributed by atoms with van der Waals surface area (Å²) in [6, 6.07) is 19.8. The van der Waals surface area contributed by atoms with Crippen LogP contribution in [0.2, 0.25) is 0 Å². The number of nitrogens with one attached hydrogen (secondary N) is 1. The number of anilines is 1. The van der Waals surface area contributed by atoms with E-state index < -0.39 is 0 Å². The summed E-state index contributed by atoms with van der Waals surface area (Å²) in [6.07, 6.45) is 2.13. The lowest BCUT2D eigenvalue weighted by Gasteiger charge is -2.39. The fourth-order valence-electron chi connectivity index (χ4n) is 4.92. The minimum Gasteiger partial charge on any atom is -0.496 e. The normalized spacial score (nSPS) is 16.8. The Morgan fingerprint density at radius 1 is 1.06 bits per heavy atom. The molecule has 1 atom stereocenters. The lowest BCUT2D eigenvalue weighted by atomic mass is 9.78. The van der Waals surface area contributed by atoms with Crippen molar-refractivity contribution < 1.29 is 9.13 Å². The second kappa shape index (κ2) is 9.58. The molecule has 0 radical (unpaired) electrons. The molecule has 0 fully saturated rings. The molecular formula is C28H32FNOS. The molecule has 0 saturated heterocycles. The first kappa shape index (κ1) is 22.7. The zero-order valence-corrected chi connectivity index (χ0v) is 20.2. The Bertz CT molecular complexity index is 1080. The van der Waals surface area contributed by atoms with Crippen molar-refractivity contribution >= 4 is 17.4 Å². The van der Waals surface area contributed by atoms with Crippen molar-refractivity contribution in [3.63, 3.8) is 0 Å². The molecule has 0 amide bonds. The molecule has 32 heavy (non-hydrogen) atoms. The fourth-order valence-corrected chi connectivity index (χ4v) is 5.96. The van der Waals surface area contributed by atoms with Gasteiger partial charge >= 0.3 is 0 Å². The van der Waals surface area contributed by atoms with Crippen molar-refractivity contribution in [2.45, 2.75) is 50.8 Å². The van der Waals surface area contributed by atoms with Crippen molar-refractivity contribution in [2.75, 3.05) is 18.2 Å². The summed E-state index contributed by atoms with van der Waals surface area (Å²) >= 11 is 1.96. The fraction of sp³-hybridized carbons (Fsp3) is 0.357. The lowest BCUT2D eigenvalue weighted by Crippen LogP contribution is -2.37. The van der Waals surface area contributed by atoms with Crippen LogP contribution in [-0.2, 0) is 12.2 Å². The van der Waals surface area contributed by atoms with E-state index in [1.54, 1.807) is 7.11 Å². The van der Waals surface area contributed by atoms with Crippen molar-refractivity contribution in [2.24, 2.45) is 0 Å². The van der Waals surface area contributed by atoms with Crippen LogP contribution in [0.3, 0.4) is 0 Å². The minimum absolute atomic E-state index is 0.0687. The van der Waals surface area contributed by atoms with Crippen LogP contribution in [0.5, 0.6) is 5.75 Å². The Kier molecular flexibility index (Phi) is 6.80. The molecule has 1 heterocycles. The van der Waals surface area contributed by atoms with E-state index in [9.17, 15) is 4.39 Å². The van der Waals surface area contributed by atoms with Gasteiger partial charge in [-0.3, -0.25) is 0 Å². The molecule has 0 spiro atoms. The van der Waals surface area contributed by atoms with Gasteiger partial charge in [-0.05, 0) is 78.8 Å². The van der Waals surface area contributed by atoms with E-state index in [1.807, 2.05) is 17.8 Å². The van der Waals surface area contributed by atoms with Crippen molar-refractivity contribution in [3.05, 3.63) is 83.2 Å². The van der Waals surface area contributed by atoms with Gasteiger partial charge < -0.3 is 10.1 Å². The van der Waals surface area contributed by atoms with Gasteiger partial charge in [0, 0.05) is 28.6 Å². The number of methoxy groups -OCH3 is 1. The molecule has 0 aliphatic carbocycles. The van der Waals surface area contributed by atoms with Gasteiger partial charge in [0.05, 0.1) is 7.11 Å². The van der Waals surface area contributed by atoms with Crippen molar-refractivity contribution in [1.82, 2.24) is 0 Å². The zero-order valence-electron chi connectivity index (χ0n) is 19.4. The number of ether oxygens (including phenoxy) is 1. The van der Waals surface area contributed by atoms with Crippen LogP contribution in [0.25, 0.3) is 11.1 Å². The highest BCUT2D eigenvalue weighted by molar-refractivity contribution is 7.98. The Hall–Kier alpha value is -2.46. The number of aryl methyl sites for hydroxylation is 1. The number of benzene rings is 3. The molecule has 2 nitrogen and oxygen atoms in total. The topological polar surface area (TPSA) is 21.3 Å². The first-order chi connectivity index (χ1) is 15.4. The summed E-state index contributed by atoms with van der Waals surface area (Å²) in [4.78, 5) is 0. The van der Waals surface area contributed by atoms with Crippen molar-refractivity contribution in [3.8, 4) is 16.9 Å². The molecule has 168 valence electrons. The summed E-state index contributed by atoms with van der Waals surface area (Å²) in [5.74, 6) is 2.72. The van der Waals surface area contributed by atoms with E-state index >= 15 is 0 Å². The molecule has 4 rings (SSSR count). The van der Waals surface area contributed by atoms with Gasteiger partial charge in [-0.1, -0.05) is 43.3 Å². The molecular weight excluding hydrogens is 417 g/mol. The average molecular weight is 450 g/mol. The first-order valence-corrected chi connectivity index (χ1v) is 12.4. The number of hydrogen-bond acceptors (Lipinski definition) is 3. The summed E-state index contributed by atoms with van der Waals surface area (Å²) in [5.41, 5.74) is 7.47. The number of thioether (sulfide) groups is 1. The monoisotopic (exact) mass is 449 g/mol. The van der Waals surface area contributed by atoms with Crippen LogP contribution in [0, 0.1) is 5.82 Å². The molecule has 1 N–H and O–H groups in total. The Labute approximate surface area is 195 Å². The molecule has 3 aromatic carbocycles. The van der Waals surface area contributed by atoms with Crippen LogP contribution in [0.1, 0.15) is 49.8 Å². The van der Waals surface area contributed by atoms with Crippen LogP contribution in [-0.4, -0.2) is 18.4 Å². The predicted molar refractivity (Wildman–Crippen MR) is 135 cm³/mol. The third-order valence-corrected chi connectivity index (χ3v) is 7.20. The zero-order chi connectivity index (χ0) is 22.7. The summed E-state index contributed by atoms with van der Waals surface area (Å²) in [7, 11) is 1.61. The van der Waals surface area contributed by atoms with E-state index in [0.717, 1.165) is 35.5 Å². The molecule has 1 aliphatic rings. The van der Waals surface area contributed by atoms with Crippen molar-refractivity contribution in [1.29, 1.82) is 0 Å². The maximum Gasteiger partial charge on any atom is 0.129 e. The maximum absolute atomic E-state index is 13.9. The molecule has 1 unspecified atom stereocenters. The average Bonchev–Trinajstić information content (AvgIpc) is 2.76. The first-order valence-electron chi connectivity index (χ1n) is 11.3. The third kappa shape index (κ3) is 4.96. The number of rotatable bonds is 7. The summed E-state index contributed by atoms with van der Waals surface area (Å²) in [6.45, 7) is 6.85. The lowest BCUT2D eigenvalue weighted by molar-refractivity contribution is 0.413. The molecule has 4 heteroatoms. The second-order valence-electron chi connectivity index (χ2n) is 9.30. The highest BCUT2D eigenvalue weighted by Gasteiger charge is 2.32. The molecule has 1 aliphatic heterocycles. The highest BCUT2D eigenvalue weighted by atomic mass is 32.2. The van der Waals surface area contributed by atoms with Crippen LogP contribution >= 0.6 is 11.8 Å². The quantitative estimate of drug-likeness (QED) is 0.374. The number of fused-ring (bicyclic) bond motifs is 1. The Morgan fingerprint density at radius 3 is 2.56 bits per heavy atom. The van der Waals surface area contributed by atoms with Gasteiger partial charge in [-0.2, -0.15) is 11.8 Å². The molecule has 0 bridgehead atoms. The van der Waals surface area contributed by atoms with E-state index in [0.29, 0.717) is 11.7 Å². The van der Waals surface area contributed by atoms with Crippen LogP contribution < -0.4 is 10.1 Å². The second-order valence-corrected chi connectivity index (χ2v) is 10.4. The smallest absolute Gasteiger partial charge is 0.129 e. The van der Waals surface area contributed by atoms with Gasteiger partial charge in [0.1, 0.15) is 11.6 Å². The van der Waals surface area contributed by atoms with Crippen LogP contribution in [0.15, 0.2) is 60.7 Å². The third-order valence-electron chi connectivity index (χ3n) is 6.22. The minimum atomic E-state index is -0.279.